The first-order valence-corrected chi connectivity index (χ1v) is 13.8. The van der Waals surface area contributed by atoms with Gasteiger partial charge in [-0.25, -0.2) is 0 Å². The first kappa shape index (κ1) is 21.0. The summed E-state index contributed by atoms with van der Waals surface area (Å²) in [6.45, 7) is 0. The first-order valence-electron chi connectivity index (χ1n) is 10.4. The van der Waals surface area contributed by atoms with E-state index in [0.29, 0.717) is 0 Å². The summed E-state index contributed by atoms with van der Waals surface area (Å²) in [4.78, 5) is 0. The monoisotopic (exact) mass is 551 g/mol. The molecule has 0 bridgehead atoms. The molecule has 5 rings (SSSR count). The molecular formula is C25H21N5Se2. The number of hydrogen-bond acceptors (Lipinski definition) is 5. The van der Waals surface area contributed by atoms with Crippen molar-refractivity contribution in [2.75, 3.05) is 5.32 Å². The molecular weight excluding hydrogens is 528 g/mol. The molecule has 0 aliphatic heterocycles. The van der Waals surface area contributed by atoms with Crippen molar-refractivity contribution < 1.29 is 0 Å². The van der Waals surface area contributed by atoms with Gasteiger partial charge in [-0.05, 0) is 0 Å². The van der Waals surface area contributed by atoms with Crippen LogP contribution in [-0.4, -0.2) is 49.4 Å². The molecule has 158 valence electrons. The summed E-state index contributed by atoms with van der Waals surface area (Å²) in [5.74, 6) is 0. The van der Waals surface area contributed by atoms with Crippen LogP contribution in [0.1, 0.15) is 30.4 Å². The van der Waals surface area contributed by atoms with Gasteiger partial charge in [0.25, 0.3) is 0 Å². The average molecular weight is 549 g/mol. The standard InChI is InChI=1S/C25H21N5Se2/c1-3-7-18(8-4-1)15-22-27-28-23(31-22)16-19-11-13-20(14-12-19)17-24-29-30-25(32-24)26-21-9-5-2-6-10-21/h1-14H,15-17H2,(H,26,30). The number of rotatable bonds is 8. The van der Waals surface area contributed by atoms with Gasteiger partial charge in [-0.15, -0.1) is 0 Å². The molecule has 5 nitrogen and oxygen atoms in total. The van der Waals surface area contributed by atoms with Crippen molar-refractivity contribution in [3.05, 3.63) is 115 Å². The van der Waals surface area contributed by atoms with E-state index in [2.05, 4.69) is 74.2 Å². The van der Waals surface area contributed by atoms with E-state index in [1.807, 2.05) is 36.4 Å². The number of benzene rings is 3. The normalized spacial score (nSPS) is 10.9. The third-order valence-corrected chi connectivity index (χ3v) is 8.63. The van der Waals surface area contributed by atoms with E-state index in [4.69, 9.17) is 0 Å². The molecule has 0 saturated heterocycles. The van der Waals surface area contributed by atoms with Crippen LogP contribution in [-0.2, 0) is 19.3 Å². The van der Waals surface area contributed by atoms with Crippen LogP contribution in [0.15, 0.2) is 84.9 Å². The molecule has 0 radical (unpaired) electrons. The molecule has 0 unspecified atom stereocenters. The van der Waals surface area contributed by atoms with Gasteiger partial charge in [0.1, 0.15) is 0 Å². The Morgan fingerprint density at radius 2 is 0.969 bits per heavy atom. The Hall–Kier alpha value is -2.82. The van der Waals surface area contributed by atoms with E-state index in [0.717, 1.165) is 34.2 Å². The second kappa shape index (κ2) is 10.2. The fraction of sp³-hybridized carbons (Fsp3) is 0.120. The van der Waals surface area contributed by atoms with Crippen LogP contribution in [0.3, 0.4) is 0 Å². The Morgan fingerprint density at radius 1 is 0.500 bits per heavy atom. The maximum atomic E-state index is 4.45. The maximum absolute atomic E-state index is 4.45. The van der Waals surface area contributed by atoms with Crippen molar-refractivity contribution in [3.63, 3.8) is 0 Å². The third kappa shape index (κ3) is 5.70. The number of anilines is 2. The summed E-state index contributed by atoms with van der Waals surface area (Å²) in [5.41, 5.74) is 4.91. The Morgan fingerprint density at radius 3 is 1.56 bits per heavy atom. The van der Waals surface area contributed by atoms with Gasteiger partial charge in [0.15, 0.2) is 0 Å². The molecule has 2 heterocycles. The average Bonchev–Trinajstić information content (AvgIpc) is 3.46. The summed E-state index contributed by atoms with van der Waals surface area (Å²) in [5, 5.41) is 21.0. The van der Waals surface area contributed by atoms with Crippen LogP contribution in [0.4, 0.5) is 10.4 Å². The fourth-order valence-corrected chi connectivity index (χ4v) is 6.93. The number of para-hydroxylation sites is 1. The quantitative estimate of drug-likeness (QED) is 0.298. The van der Waals surface area contributed by atoms with E-state index >= 15 is 0 Å². The summed E-state index contributed by atoms with van der Waals surface area (Å²) in [6.07, 6.45) is 2.63. The molecule has 0 fully saturated rings. The molecule has 2 aromatic heterocycles. The van der Waals surface area contributed by atoms with E-state index in [-0.39, 0.29) is 29.0 Å². The third-order valence-electron chi connectivity index (χ3n) is 4.93. The van der Waals surface area contributed by atoms with Gasteiger partial charge in [0.05, 0.1) is 0 Å². The van der Waals surface area contributed by atoms with Gasteiger partial charge in [0, 0.05) is 0 Å². The molecule has 7 heteroatoms. The minimum absolute atomic E-state index is 0.141. The van der Waals surface area contributed by atoms with Crippen molar-refractivity contribution in [2.45, 2.75) is 19.3 Å². The Labute approximate surface area is 199 Å². The van der Waals surface area contributed by atoms with Crippen LogP contribution < -0.4 is 5.32 Å². The Kier molecular flexibility index (Phi) is 6.71. The zero-order valence-corrected chi connectivity index (χ0v) is 20.7. The molecule has 1 N–H and O–H groups in total. The summed E-state index contributed by atoms with van der Waals surface area (Å²) in [7, 11) is 0. The minimum atomic E-state index is 0.141. The van der Waals surface area contributed by atoms with Crippen molar-refractivity contribution in [1.29, 1.82) is 0 Å². The number of nitrogens with zero attached hydrogens (tertiary/aromatic N) is 4. The van der Waals surface area contributed by atoms with Crippen LogP contribution in [0.25, 0.3) is 0 Å². The van der Waals surface area contributed by atoms with E-state index < -0.39 is 0 Å². The number of nitrogens with one attached hydrogen (secondary N) is 1. The zero-order chi connectivity index (χ0) is 21.6. The topological polar surface area (TPSA) is 63.6 Å². The van der Waals surface area contributed by atoms with Gasteiger partial charge in [-0.1, -0.05) is 0 Å². The van der Waals surface area contributed by atoms with Crippen molar-refractivity contribution in [2.24, 2.45) is 0 Å². The summed E-state index contributed by atoms with van der Waals surface area (Å²) in [6, 6.07) is 29.4. The Balaban J connectivity index is 1.17. The van der Waals surface area contributed by atoms with Crippen LogP contribution in [0, 0.1) is 0 Å². The second-order valence-electron chi connectivity index (χ2n) is 7.41. The number of aromatic nitrogens is 4. The van der Waals surface area contributed by atoms with Gasteiger partial charge >= 0.3 is 200 Å². The SMILES string of the molecule is c1ccc(Cc2nnc(Cc3ccc(Cc4nnc(Nc5ccccc5)[se]4)cc3)[se]2)cc1. The molecule has 0 aliphatic carbocycles. The predicted octanol–water partition coefficient (Wildman–Crippen LogP) is 3.90. The van der Waals surface area contributed by atoms with E-state index in [1.54, 1.807) is 0 Å². The van der Waals surface area contributed by atoms with E-state index in [9.17, 15) is 0 Å². The van der Waals surface area contributed by atoms with Crippen LogP contribution >= 0.6 is 0 Å². The molecule has 32 heavy (non-hydrogen) atoms. The fourth-order valence-electron chi connectivity index (χ4n) is 3.35. The molecule has 0 amide bonds. The van der Waals surface area contributed by atoms with Gasteiger partial charge in [-0.3, -0.25) is 0 Å². The summed E-state index contributed by atoms with van der Waals surface area (Å²) < 4.78 is 4.51. The second-order valence-corrected chi connectivity index (χ2v) is 12.0. The molecule has 3 aromatic carbocycles. The molecule has 0 aliphatic rings. The van der Waals surface area contributed by atoms with Gasteiger partial charge in [-0.2, -0.15) is 0 Å². The first-order chi connectivity index (χ1) is 15.8. The van der Waals surface area contributed by atoms with Crippen molar-refractivity contribution in [3.8, 4) is 0 Å². The molecule has 0 saturated carbocycles. The van der Waals surface area contributed by atoms with Crippen LogP contribution in [0.2, 0.25) is 0 Å². The zero-order valence-electron chi connectivity index (χ0n) is 17.3. The molecule has 0 spiro atoms. The van der Waals surface area contributed by atoms with E-state index in [1.165, 1.54) is 25.8 Å². The van der Waals surface area contributed by atoms with Crippen molar-refractivity contribution >= 4 is 39.4 Å². The number of hydrogen-bond donors (Lipinski definition) is 1. The predicted molar refractivity (Wildman–Crippen MR) is 129 cm³/mol. The van der Waals surface area contributed by atoms with Crippen molar-refractivity contribution in [1.82, 2.24) is 20.4 Å². The van der Waals surface area contributed by atoms with Gasteiger partial charge < -0.3 is 0 Å². The Bertz CT molecular complexity index is 1160. The summed E-state index contributed by atoms with van der Waals surface area (Å²) >= 11 is 0.386. The molecule has 5 aromatic rings. The van der Waals surface area contributed by atoms with Crippen LogP contribution in [0.5, 0.6) is 0 Å². The van der Waals surface area contributed by atoms with Gasteiger partial charge in [0.2, 0.25) is 0 Å². The molecule has 0 atom stereocenters.